The predicted octanol–water partition coefficient (Wildman–Crippen LogP) is 2.40. The molecule has 0 aromatic carbocycles. The number of nitrogens with one attached hydrogen (secondary N) is 1. The van der Waals surface area contributed by atoms with Crippen LogP contribution < -0.4 is 10.9 Å². The summed E-state index contributed by atoms with van der Waals surface area (Å²) >= 11 is 0. The molecule has 4 aliphatic rings. The molecule has 1 aromatic heterocycles. The molecule has 5 heteroatoms. The number of nitrogens with zero attached hydrogens (tertiary/aromatic N) is 3. The molecule has 4 heterocycles. The topological polar surface area (TPSA) is 40.5 Å². The van der Waals surface area contributed by atoms with E-state index in [4.69, 9.17) is 0 Å². The Morgan fingerprint density at radius 3 is 2.75 bits per heavy atom. The highest BCUT2D eigenvalue weighted by molar-refractivity contribution is 5.22. The van der Waals surface area contributed by atoms with E-state index in [1.807, 2.05) is 0 Å². The maximum atomic E-state index is 13.2. The fourth-order valence-electron chi connectivity index (χ4n) is 6.16. The summed E-state index contributed by atoms with van der Waals surface area (Å²) in [5.41, 5.74) is 2.54. The lowest BCUT2D eigenvalue weighted by molar-refractivity contribution is 0.158. The highest BCUT2D eigenvalue weighted by atomic mass is 16.1. The second-order valence-corrected chi connectivity index (χ2v) is 9.61. The molecule has 154 valence electrons. The predicted molar refractivity (Wildman–Crippen MR) is 113 cm³/mol. The van der Waals surface area contributed by atoms with Gasteiger partial charge in [0, 0.05) is 55.9 Å². The van der Waals surface area contributed by atoms with E-state index in [0.29, 0.717) is 11.8 Å². The van der Waals surface area contributed by atoms with E-state index in [-0.39, 0.29) is 5.56 Å². The number of piperidine rings is 1. The van der Waals surface area contributed by atoms with Crippen molar-refractivity contribution in [1.29, 1.82) is 0 Å². The first-order valence-electron chi connectivity index (χ1n) is 11.7. The van der Waals surface area contributed by atoms with Gasteiger partial charge in [0.05, 0.1) is 0 Å². The molecule has 2 atom stereocenters. The normalized spacial score (nSPS) is 30.0. The van der Waals surface area contributed by atoms with Crippen LogP contribution in [0.25, 0.3) is 0 Å². The SMILES string of the molecule is O=c1c(CN2CCCN(C3CCCCC3)CC2)ccc2n1C[C@@H]1CNC[C@H]2C1. The molecule has 1 saturated carbocycles. The van der Waals surface area contributed by atoms with Gasteiger partial charge in [-0.25, -0.2) is 0 Å². The number of fused-ring (bicyclic) bond motifs is 4. The van der Waals surface area contributed by atoms with Gasteiger partial charge in [-0.15, -0.1) is 0 Å². The Morgan fingerprint density at radius 2 is 1.86 bits per heavy atom. The lowest BCUT2D eigenvalue weighted by atomic mass is 9.84. The minimum Gasteiger partial charge on any atom is -0.316 e. The summed E-state index contributed by atoms with van der Waals surface area (Å²) in [6, 6.07) is 5.19. The summed E-state index contributed by atoms with van der Waals surface area (Å²) in [4.78, 5) is 18.5. The Hall–Kier alpha value is -1.17. The molecular weight excluding hydrogens is 348 g/mol. The highest BCUT2D eigenvalue weighted by Gasteiger charge is 2.31. The van der Waals surface area contributed by atoms with Gasteiger partial charge in [-0.3, -0.25) is 14.6 Å². The van der Waals surface area contributed by atoms with Gasteiger partial charge in [0.2, 0.25) is 0 Å². The number of aromatic nitrogens is 1. The summed E-state index contributed by atoms with van der Waals surface area (Å²) in [7, 11) is 0. The Kier molecular flexibility index (Phi) is 5.58. The lowest BCUT2D eigenvalue weighted by Gasteiger charge is -2.37. The highest BCUT2D eigenvalue weighted by Crippen LogP contribution is 2.31. The summed E-state index contributed by atoms with van der Waals surface area (Å²) in [6.07, 6.45) is 9.51. The van der Waals surface area contributed by atoms with Crippen LogP contribution in [0.5, 0.6) is 0 Å². The number of hydrogen-bond donors (Lipinski definition) is 1. The molecular formula is C23H36N4O. The van der Waals surface area contributed by atoms with Crippen LogP contribution in [0, 0.1) is 5.92 Å². The Labute approximate surface area is 169 Å². The second kappa shape index (κ2) is 8.29. The van der Waals surface area contributed by atoms with Crippen LogP contribution in [0.1, 0.15) is 62.1 Å². The molecule has 3 aliphatic heterocycles. The van der Waals surface area contributed by atoms with Crippen molar-refractivity contribution >= 4 is 0 Å². The van der Waals surface area contributed by atoms with E-state index < -0.39 is 0 Å². The summed E-state index contributed by atoms with van der Waals surface area (Å²) in [5.74, 6) is 1.15. The van der Waals surface area contributed by atoms with E-state index in [1.54, 1.807) is 0 Å². The molecule has 3 fully saturated rings. The molecule has 1 N–H and O–H groups in total. The third-order valence-corrected chi connectivity index (χ3v) is 7.70. The van der Waals surface area contributed by atoms with Crippen molar-refractivity contribution in [3.63, 3.8) is 0 Å². The third-order valence-electron chi connectivity index (χ3n) is 7.70. The van der Waals surface area contributed by atoms with E-state index in [1.165, 1.54) is 63.7 Å². The second-order valence-electron chi connectivity index (χ2n) is 9.61. The molecule has 2 saturated heterocycles. The van der Waals surface area contributed by atoms with E-state index in [0.717, 1.165) is 50.9 Å². The zero-order valence-electron chi connectivity index (χ0n) is 17.2. The quantitative estimate of drug-likeness (QED) is 0.869. The zero-order chi connectivity index (χ0) is 18.9. The zero-order valence-corrected chi connectivity index (χ0v) is 17.2. The first kappa shape index (κ1) is 18.8. The fraction of sp³-hybridized carbons (Fsp3) is 0.783. The summed E-state index contributed by atoms with van der Waals surface area (Å²) in [6.45, 7) is 8.46. The molecule has 0 spiro atoms. The van der Waals surface area contributed by atoms with E-state index in [2.05, 4.69) is 31.8 Å². The largest absolute Gasteiger partial charge is 0.316 e. The van der Waals surface area contributed by atoms with Crippen molar-refractivity contribution in [2.45, 2.75) is 70.0 Å². The first-order chi connectivity index (χ1) is 13.8. The van der Waals surface area contributed by atoms with Gasteiger partial charge in [-0.2, -0.15) is 0 Å². The average molecular weight is 385 g/mol. The molecule has 0 amide bonds. The lowest BCUT2D eigenvalue weighted by Crippen LogP contribution is -2.45. The third kappa shape index (κ3) is 3.81. The summed E-state index contributed by atoms with van der Waals surface area (Å²) < 4.78 is 2.11. The van der Waals surface area contributed by atoms with Crippen molar-refractivity contribution < 1.29 is 0 Å². The van der Waals surface area contributed by atoms with Crippen LogP contribution in [-0.2, 0) is 13.1 Å². The average Bonchev–Trinajstić information content (AvgIpc) is 2.97. The molecule has 1 aromatic rings. The molecule has 1 aliphatic carbocycles. The molecule has 28 heavy (non-hydrogen) atoms. The Bertz CT molecular complexity index is 739. The van der Waals surface area contributed by atoms with Gasteiger partial charge < -0.3 is 9.88 Å². The number of hydrogen-bond acceptors (Lipinski definition) is 4. The standard InChI is InChI=1S/C23H36N4O/c28-23-19(7-8-22-20-13-18(14-24-15-20)16-27(22)23)17-25-9-4-10-26(12-11-25)21-5-2-1-3-6-21/h7-8,18,20-21,24H,1-6,9-17H2/t18-,20+/m0/s1. The van der Waals surface area contributed by atoms with Crippen LogP contribution in [0.2, 0.25) is 0 Å². The van der Waals surface area contributed by atoms with Gasteiger partial charge in [0.25, 0.3) is 5.56 Å². The van der Waals surface area contributed by atoms with Gasteiger partial charge in [0.1, 0.15) is 0 Å². The van der Waals surface area contributed by atoms with Gasteiger partial charge >= 0.3 is 0 Å². The fourth-order valence-corrected chi connectivity index (χ4v) is 6.16. The maximum Gasteiger partial charge on any atom is 0.255 e. The molecule has 0 unspecified atom stereocenters. The van der Waals surface area contributed by atoms with Crippen molar-refractivity contribution in [2.24, 2.45) is 5.92 Å². The van der Waals surface area contributed by atoms with Crippen LogP contribution in [0.15, 0.2) is 16.9 Å². The van der Waals surface area contributed by atoms with E-state index in [9.17, 15) is 4.79 Å². The minimum atomic E-state index is 0.280. The van der Waals surface area contributed by atoms with Crippen molar-refractivity contribution in [1.82, 2.24) is 19.7 Å². The van der Waals surface area contributed by atoms with Crippen LogP contribution in [0.3, 0.4) is 0 Å². The van der Waals surface area contributed by atoms with Crippen molar-refractivity contribution in [2.75, 3.05) is 39.3 Å². The Morgan fingerprint density at radius 1 is 0.964 bits per heavy atom. The monoisotopic (exact) mass is 384 g/mol. The van der Waals surface area contributed by atoms with Crippen LogP contribution in [-0.4, -0.2) is 59.7 Å². The number of rotatable bonds is 3. The maximum absolute atomic E-state index is 13.2. The smallest absolute Gasteiger partial charge is 0.255 e. The minimum absolute atomic E-state index is 0.280. The van der Waals surface area contributed by atoms with Crippen LogP contribution >= 0.6 is 0 Å². The number of pyridine rings is 1. The Balaban J connectivity index is 1.26. The summed E-state index contributed by atoms with van der Waals surface area (Å²) in [5, 5.41) is 3.54. The van der Waals surface area contributed by atoms with Crippen molar-refractivity contribution in [3.8, 4) is 0 Å². The molecule has 2 bridgehead atoms. The van der Waals surface area contributed by atoms with Crippen LogP contribution in [0.4, 0.5) is 0 Å². The molecule has 5 rings (SSSR count). The van der Waals surface area contributed by atoms with Crippen molar-refractivity contribution in [3.05, 3.63) is 33.7 Å². The first-order valence-corrected chi connectivity index (χ1v) is 11.7. The van der Waals surface area contributed by atoms with E-state index >= 15 is 0 Å². The molecule has 0 radical (unpaired) electrons. The molecule has 5 nitrogen and oxygen atoms in total. The van der Waals surface area contributed by atoms with Gasteiger partial charge in [-0.1, -0.05) is 25.3 Å². The van der Waals surface area contributed by atoms with Gasteiger partial charge in [0.15, 0.2) is 0 Å². The van der Waals surface area contributed by atoms with Gasteiger partial charge in [-0.05, 0) is 57.3 Å².